The van der Waals surface area contributed by atoms with Crippen molar-refractivity contribution in [3.8, 4) is 0 Å². The Bertz CT molecular complexity index is 733. The van der Waals surface area contributed by atoms with Gasteiger partial charge in [-0.1, -0.05) is 13.8 Å². The van der Waals surface area contributed by atoms with E-state index < -0.39 is 36.3 Å². The Balaban J connectivity index is 1.28. The highest BCUT2D eigenvalue weighted by Crippen LogP contribution is 2.69. The molecular weight excluding hydrogens is 424 g/mol. The zero-order valence-corrected chi connectivity index (χ0v) is 20.4. The summed E-state index contributed by atoms with van der Waals surface area (Å²) in [6.07, 6.45) is 3.49. The maximum atomic E-state index is 12.0. The molecule has 1 saturated heterocycles. The number of aliphatic hydroxyl groups is 5. The van der Waals surface area contributed by atoms with Gasteiger partial charge in [0.25, 0.3) is 0 Å². The number of hydrogen-bond acceptors (Lipinski definition) is 7. The molecule has 5 N–H and O–H groups in total. The maximum absolute atomic E-state index is 12.0. The lowest BCUT2D eigenvalue weighted by atomic mass is 9.43. The van der Waals surface area contributed by atoms with Crippen LogP contribution in [0.15, 0.2) is 0 Å². The molecule has 13 atom stereocenters. The SMILES string of the molecule is C[C@@H]1O[C@@H](O[C@H]2CC[C@@]3(C)[C@H](CC[C@@H]4[C@@H]3CC[C@]3(C)[C@@H](CO)CC[C@]43O)C2)[C@H](O)[C@H](O)[C@H]1O. The van der Waals surface area contributed by atoms with Gasteiger partial charge in [-0.25, -0.2) is 0 Å². The minimum Gasteiger partial charge on any atom is -0.396 e. The Morgan fingerprint density at radius 1 is 0.879 bits per heavy atom. The third-order valence-electron chi connectivity index (χ3n) is 11.4. The molecule has 1 heterocycles. The van der Waals surface area contributed by atoms with Crippen molar-refractivity contribution in [2.24, 2.45) is 34.5 Å². The van der Waals surface area contributed by atoms with Gasteiger partial charge in [-0.05, 0) is 93.8 Å². The van der Waals surface area contributed by atoms with Gasteiger partial charge in [0.15, 0.2) is 6.29 Å². The molecule has 0 radical (unpaired) electrons. The monoisotopic (exact) mass is 468 g/mol. The van der Waals surface area contributed by atoms with E-state index >= 15 is 0 Å². The molecule has 4 aliphatic carbocycles. The summed E-state index contributed by atoms with van der Waals surface area (Å²) in [5.74, 6) is 1.49. The van der Waals surface area contributed by atoms with Crippen molar-refractivity contribution in [3.63, 3.8) is 0 Å². The van der Waals surface area contributed by atoms with E-state index in [0.717, 1.165) is 57.8 Å². The van der Waals surface area contributed by atoms with Crippen LogP contribution in [0.2, 0.25) is 0 Å². The third-order valence-corrected chi connectivity index (χ3v) is 11.4. The normalized spacial score (nSPS) is 58.9. The van der Waals surface area contributed by atoms with Crippen LogP contribution in [0.3, 0.4) is 0 Å². The smallest absolute Gasteiger partial charge is 0.186 e. The van der Waals surface area contributed by atoms with Crippen LogP contribution >= 0.6 is 0 Å². The number of ether oxygens (including phenoxy) is 2. The van der Waals surface area contributed by atoms with Crippen LogP contribution in [0.4, 0.5) is 0 Å². The van der Waals surface area contributed by atoms with E-state index in [1.165, 1.54) is 0 Å². The second-order valence-corrected chi connectivity index (χ2v) is 12.5. The summed E-state index contributed by atoms with van der Waals surface area (Å²) in [7, 11) is 0. The fourth-order valence-corrected chi connectivity index (χ4v) is 9.03. The highest BCUT2D eigenvalue weighted by Gasteiger charge is 2.67. The van der Waals surface area contributed by atoms with Crippen LogP contribution < -0.4 is 0 Å². The Kier molecular flexibility index (Phi) is 6.21. The quantitative estimate of drug-likeness (QED) is 0.402. The highest BCUT2D eigenvalue weighted by molar-refractivity contribution is 5.16. The predicted molar refractivity (Wildman–Crippen MR) is 121 cm³/mol. The van der Waals surface area contributed by atoms with Crippen LogP contribution in [0.25, 0.3) is 0 Å². The van der Waals surface area contributed by atoms with Gasteiger partial charge in [-0.15, -0.1) is 0 Å². The Morgan fingerprint density at radius 3 is 2.36 bits per heavy atom. The molecule has 5 fully saturated rings. The van der Waals surface area contributed by atoms with Gasteiger partial charge in [0.05, 0.1) is 17.8 Å². The van der Waals surface area contributed by atoms with Gasteiger partial charge in [0.1, 0.15) is 18.3 Å². The molecule has 0 aromatic rings. The molecule has 5 rings (SSSR count). The average molecular weight is 469 g/mol. The van der Waals surface area contributed by atoms with Crippen molar-refractivity contribution in [2.75, 3.05) is 6.61 Å². The molecule has 0 amide bonds. The molecule has 7 heteroatoms. The highest BCUT2D eigenvalue weighted by atomic mass is 16.7. The first kappa shape index (κ1) is 24.4. The van der Waals surface area contributed by atoms with E-state index in [-0.39, 0.29) is 29.5 Å². The second-order valence-electron chi connectivity index (χ2n) is 12.5. The lowest BCUT2D eigenvalue weighted by Crippen LogP contribution is -2.62. The fraction of sp³-hybridized carbons (Fsp3) is 1.00. The van der Waals surface area contributed by atoms with Crippen molar-refractivity contribution < 1.29 is 35.0 Å². The predicted octanol–water partition coefficient (Wildman–Crippen LogP) is 1.97. The van der Waals surface area contributed by atoms with Crippen molar-refractivity contribution in [1.29, 1.82) is 0 Å². The van der Waals surface area contributed by atoms with E-state index in [2.05, 4.69) is 13.8 Å². The van der Waals surface area contributed by atoms with Gasteiger partial charge in [0.2, 0.25) is 0 Å². The summed E-state index contributed by atoms with van der Waals surface area (Å²) in [6.45, 7) is 6.50. The number of fused-ring (bicyclic) bond motifs is 5. The van der Waals surface area contributed by atoms with Crippen LogP contribution in [0.5, 0.6) is 0 Å². The lowest BCUT2D eigenvalue weighted by molar-refractivity contribution is -0.310. The summed E-state index contributed by atoms with van der Waals surface area (Å²) in [4.78, 5) is 0. The first-order valence-electron chi connectivity index (χ1n) is 13.2. The topological polar surface area (TPSA) is 120 Å². The van der Waals surface area contributed by atoms with E-state index in [1.54, 1.807) is 6.92 Å². The Labute approximate surface area is 197 Å². The first-order chi connectivity index (χ1) is 15.5. The standard InChI is InChI=1S/C26H44O7/c1-14-20(28)21(29)22(30)23(32-14)33-17-7-9-24(2)15(12-17)4-5-19-18(24)8-10-25(3)16(13-27)6-11-26(19,25)31/h14-23,27-31H,4-13H2,1-3H3/t14-,15+,16+,17-,18-,19+,20-,21+,22+,23-,24-,25+,26-/m0/s1. The van der Waals surface area contributed by atoms with Crippen LogP contribution in [0.1, 0.15) is 78.6 Å². The molecule has 33 heavy (non-hydrogen) atoms. The molecule has 0 aromatic heterocycles. The summed E-state index contributed by atoms with van der Waals surface area (Å²) in [5.41, 5.74) is -0.688. The molecule has 5 aliphatic rings. The molecule has 190 valence electrons. The number of aliphatic hydroxyl groups excluding tert-OH is 4. The van der Waals surface area contributed by atoms with Crippen LogP contribution in [0, 0.1) is 34.5 Å². The van der Waals surface area contributed by atoms with Crippen LogP contribution in [-0.2, 0) is 9.47 Å². The molecule has 0 aromatic carbocycles. The molecule has 0 unspecified atom stereocenters. The number of rotatable bonds is 3. The van der Waals surface area contributed by atoms with Gasteiger partial charge in [0, 0.05) is 12.0 Å². The van der Waals surface area contributed by atoms with Gasteiger partial charge in [-0.3, -0.25) is 0 Å². The van der Waals surface area contributed by atoms with Crippen LogP contribution in [-0.4, -0.2) is 74.6 Å². The van der Waals surface area contributed by atoms with Crippen molar-refractivity contribution in [3.05, 3.63) is 0 Å². The number of hydrogen-bond donors (Lipinski definition) is 5. The molecule has 1 aliphatic heterocycles. The minimum atomic E-state index is -1.27. The van der Waals surface area contributed by atoms with Gasteiger partial charge < -0.3 is 35.0 Å². The van der Waals surface area contributed by atoms with Gasteiger partial charge >= 0.3 is 0 Å². The van der Waals surface area contributed by atoms with E-state index in [4.69, 9.17) is 9.47 Å². The first-order valence-corrected chi connectivity index (χ1v) is 13.2. The molecule has 0 spiro atoms. The largest absolute Gasteiger partial charge is 0.396 e. The summed E-state index contributed by atoms with van der Waals surface area (Å²) < 4.78 is 11.9. The van der Waals surface area contributed by atoms with Crippen molar-refractivity contribution in [2.45, 2.75) is 121 Å². The van der Waals surface area contributed by atoms with E-state index in [1.807, 2.05) is 0 Å². The Morgan fingerprint density at radius 2 is 1.64 bits per heavy atom. The van der Waals surface area contributed by atoms with Crippen molar-refractivity contribution in [1.82, 2.24) is 0 Å². The second kappa shape index (κ2) is 8.39. The van der Waals surface area contributed by atoms with E-state index in [0.29, 0.717) is 17.8 Å². The average Bonchev–Trinajstić information content (AvgIpc) is 3.06. The molecular formula is C26H44O7. The molecule has 0 bridgehead atoms. The van der Waals surface area contributed by atoms with E-state index in [9.17, 15) is 25.5 Å². The zero-order valence-electron chi connectivity index (χ0n) is 20.4. The lowest BCUT2D eigenvalue weighted by Gasteiger charge is -2.63. The summed E-state index contributed by atoms with van der Waals surface area (Å²) >= 11 is 0. The van der Waals surface area contributed by atoms with Crippen molar-refractivity contribution >= 4 is 0 Å². The zero-order chi connectivity index (χ0) is 23.8. The maximum Gasteiger partial charge on any atom is 0.186 e. The summed E-state index contributed by atoms with van der Waals surface area (Å²) in [6, 6.07) is 0. The fourth-order valence-electron chi connectivity index (χ4n) is 9.03. The molecule has 4 saturated carbocycles. The Hall–Kier alpha value is -0.280. The summed E-state index contributed by atoms with van der Waals surface area (Å²) in [5, 5.41) is 52.4. The third kappa shape index (κ3) is 3.48. The minimum absolute atomic E-state index is 0.0453. The molecule has 7 nitrogen and oxygen atoms in total. The van der Waals surface area contributed by atoms with Gasteiger partial charge in [-0.2, -0.15) is 0 Å².